The summed E-state index contributed by atoms with van der Waals surface area (Å²) in [4.78, 5) is 0. The van der Waals surface area contributed by atoms with Crippen molar-refractivity contribution in [2.24, 2.45) is 0 Å². The first kappa shape index (κ1) is 24.1. The Morgan fingerprint density at radius 2 is 1.45 bits per heavy atom. The van der Waals surface area contributed by atoms with Gasteiger partial charge in [0.1, 0.15) is 31.2 Å². The number of halogens is 3. The lowest BCUT2D eigenvalue weighted by atomic mass is 9.78. The molecule has 0 saturated carbocycles. The van der Waals surface area contributed by atoms with Crippen molar-refractivity contribution in [2.45, 2.75) is 31.5 Å². The zero-order chi connectivity index (χ0) is 21.6. The van der Waals surface area contributed by atoms with Crippen molar-refractivity contribution >= 4 is 34.8 Å². The van der Waals surface area contributed by atoms with Gasteiger partial charge in [-0.1, -0.05) is 49.2 Å². The standard InChI is InChI=1S/C21H25Cl3O5/c1-21(2,13-3-5-17(6-4-13)28-12-16(27)10-25)14-7-18(23)20(19(24)8-14)29-11-15(26)9-22/h3-8,15-16,25-27H,9-12H2,1-2H3/t15-,16-/m1/s1. The molecule has 29 heavy (non-hydrogen) atoms. The van der Waals surface area contributed by atoms with Gasteiger partial charge in [-0.3, -0.25) is 0 Å². The number of aliphatic hydroxyl groups excluding tert-OH is 3. The Bertz CT molecular complexity index is 772. The molecule has 0 aliphatic carbocycles. The predicted molar refractivity (Wildman–Crippen MR) is 116 cm³/mol. The van der Waals surface area contributed by atoms with Crippen molar-refractivity contribution in [3.05, 3.63) is 57.6 Å². The van der Waals surface area contributed by atoms with Crippen LogP contribution in [0.4, 0.5) is 0 Å². The van der Waals surface area contributed by atoms with Crippen molar-refractivity contribution in [1.29, 1.82) is 0 Å². The molecule has 0 aromatic heterocycles. The van der Waals surface area contributed by atoms with Crippen LogP contribution in [0.25, 0.3) is 0 Å². The molecule has 0 fully saturated rings. The van der Waals surface area contributed by atoms with Gasteiger partial charge in [0.05, 0.1) is 22.5 Å². The smallest absolute Gasteiger partial charge is 0.156 e. The molecule has 0 aliphatic rings. The van der Waals surface area contributed by atoms with E-state index in [0.717, 1.165) is 11.1 Å². The molecule has 0 unspecified atom stereocenters. The minimum Gasteiger partial charge on any atom is -0.491 e. The summed E-state index contributed by atoms with van der Waals surface area (Å²) >= 11 is 18.3. The van der Waals surface area contributed by atoms with Gasteiger partial charge in [0.15, 0.2) is 5.75 Å². The fourth-order valence-electron chi connectivity index (χ4n) is 2.66. The molecule has 160 valence electrons. The minimum atomic E-state index is -0.915. The molecular formula is C21H25Cl3O5. The first-order valence-corrected chi connectivity index (χ1v) is 10.4. The maximum Gasteiger partial charge on any atom is 0.156 e. The van der Waals surface area contributed by atoms with Crippen LogP contribution in [0.1, 0.15) is 25.0 Å². The van der Waals surface area contributed by atoms with Crippen LogP contribution in [-0.2, 0) is 5.41 Å². The number of benzene rings is 2. The quantitative estimate of drug-likeness (QED) is 0.464. The Morgan fingerprint density at radius 3 is 1.97 bits per heavy atom. The third kappa shape index (κ3) is 6.38. The Morgan fingerprint density at radius 1 is 0.897 bits per heavy atom. The van der Waals surface area contributed by atoms with Crippen LogP contribution in [0.15, 0.2) is 36.4 Å². The number of ether oxygens (including phenoxy) is 2. The largest absolute Gasteiger partial charge is 0.491 e. The van der Waals surface area contributed by atoms with Gasteiger partial charge in [-0.25, -0.2) is 0 Å². The Kier molecular flexibility index (Phi) is 8.89. The van der Waals surface area contributed by atoms with Gasteiger partial charge in [-0.15, -0.1) is 11.6 Å². The number of hydrogen-bond donors (Lipinski definition) is 3. The zero-order valence-electron chi connectivity index (χ0n) is 16.2. The SMILES string of the molecule is CC(C)(c1ccc(OC[C@H](O)CO)cc1)c1cc(Cl)c(OC[C@H](O)CCl)c(Cl)c1. The highest BCUT2D eigenvalue weighted by molar-refractivity contribution is 6.37. The van der Waals surface area contributed by atoms with Crippen LogP contribution in [-0.4, -0.2) is 53.2 Å². The van der Waals surface area contributed by atoms with E-state index in [-0.39, 0.29) is 25.7 Å². The van der Waals surface area contributed by atoms with Crippen molar-refractivity contribution in [3.63, 3.8) is 0 Å². The molecule has 0 aliphatic heterocycles. The first-order valence-electron chi connectivity index (χ1n) is 9.07. The summed E-state index contributed by atoms with van der Waals surface area (Å²) in [7, 11) is 0. The molecule has 8 heteroatoms. The second-order valence-corrected chi connectivity index (χ2v) is 8.31. The van der Waals surface area contributed by atoms with E-state index in [1.165, 1.54) is 0 Å². The average Bonchev–Trinajstić information content (AvgIpc) is 2.71. The molecule has 2 aromatic rings. The van der Waals surface area contributed by atoms with Crippen molar-refractivity contribution < 1.29 is 24.8 Å². The molecule has 2 rings (SSSR count). The fraction of sp³-hybridized carbons (Fsp3) is 0.429. The van der Waals surface area contributed by atoms with E-state index in [9.17, 15) is 10.2 Å². The van der Waals surface area contributed by atoms with Gasteiger partial charge in [0.2, 0.25) is 0 Å². The number of alkyl halides is 1. The fourth-order valence-corrected chi connectivity index (χ4v) is 3.35. The molecule has 3 N–H and O–H groups in total. The number of rotatable bonds is 10. The molecule has 0 spiro atoms. The molecule has 0 amide bonds. The van der Waals surface area contributed by atoms with Crippen LogP contribution in [0.3, 0.4) is 0 Å². The van der Waals surface area contributed by atoms with E-state index in [1.54, 1.807) is 24.3 Å². The second kappa shape index (κ2) is 10.7. The highest BCUT2D eigenvalue weighted by Gasteiger charge is 2.26. The molecule has 5 nitrogen and oxygen atoms in total. The molecule has 2 atom stereocenters. The summed E-state index contributed by atoms with van der Waals surface area (Å²) < 4.78 is 11.0. The zero-order valence-corrected chi connectivity index (χ0v) is 18.5. The summed E-state index contributed by atoms with van der Waals surface area (Å²) in [5.41, 5.74) is 1.48. The average molecular weight is 464 g/mol. The van der Waals surface area contributed by atoms with Gasteiger partial charge in [0, 0.05) is 5.41 Å². The molecular weight excluding hydrogens is 439 g/mol. The molecule has 0 bridgehead atoms. The lowest BCUT2D eigenvalue weighted by Crippen LogP contribution is -2.22. The highest BCUT2D eigenvalue weighted by atomic mass is 35.5. The van der Waals surface area contributed by atoms with Gasteiger partial charge in [-0.2, -0.15) is 0 Å². The van der Waals surface area contributed by atoms with Crippen molar-refractivity contribution in [2.75, 3.05) is 25.7 Å². The maximum atomic E-state index is 9.56. The first-order chi connectivity index (χ1) is 13.7. The van der Waals surface area contributed by atoms with E-state index in [1.807, 2.05) is 26.0 Å². The van der Waals surface area contributed by atoms with E-state index in [0.29, 0.717) is 21.5 Å². The van der Waals surface area contributed by atoms with Gasteiger partial charge in [0.25, 0.3) is 0 Å². The summed E-state index contributed by atoms with van der Waals surface area (Å²) in [5.74, 6) is 0.955. The molecule has 2 aromatic carbocycles. The van der Waals surface area contributed by atoms with Crippen molar-refractivity contribution in [3.8, 4) is 11.5 Å². The lowest BCUT2D eigenvalue weighted by molar-refractivity contribution is 0.0536. The van der Waals surface area contributed by atoms with Gasteiger partial charge in [-0.05, 0) is 35.4 Å². The highest BCUT2D eigenvalue weighted by Crippen LogP contribution is 2.40. The Labute approximate surface area is 185 Å². The van der Waals surface area contributed by atoms with Crippen LogP contribution in [0.2, 0.25) is 10.0 Å². The summed E-state index contributed by atoms with van der Waals surface area (Å²) in [6.45, 7) is 3.75. The van der Waals surface area contributed by atoms with Crippen LogP contribution < -0.4 is 9.47 Å². The summed E-state index contributed by atoms with van der Waals surface area (Å²) in [6, 6.07) is 11.0. The summed E-state index contributed by atoms with van der Waals surface area (Å²) in [5, 5.41) is 28.5. The molecule has 0 saturated heterocycles. The Balaban J connectivity index is 2.19. The van der Waals surface area contributed by atoms with E-state index in [4.69, 9.17) is 49.4 Å². The topological polar surface area (TPSA) is 79.2 Å². The lowest BCUT2D eigenvalue weighted by Gasteiger charge is -2.27. The van der Waals surface area contributed by atoms with E-state index < -0.39 is 17.6 Å². The van der Waals surface area contributed by atoms with Crippen LogP contribution in [0.5, 0.6) is 11.5 Å². The third-order valence-electron chi connectivity index (χ3n) is 4.55. The molecule has 0 heterocycles. The molecule has 0 radical (unpaired) electrons. The minimum absolute atomic E-state index is 0.00187. The van der Waals surface area contributed by atoms with Crippen LogP contribution >= 0.6 is 34.8 Å². The van der Waals surface area contributed by atoms with E-state index in [2.05, 4.69) is 0 Å². The summed E-state index contributed by atoms with van der Waals surface area (Å²) in [6.07, 6.45) is -1.72. The van der Waals surface area contributed by atoms with E-state index >= 15 is 0 Å². The predicted octanol–water partition coefficient (Wildman–Crippen LogP) is 4.03. The van der Waals surface area contributed by atoms with Gasteiger partial charge < -0.3 is 24.8 Å². The number of aliphatic hydroxyl groups is 3. The van der Waals surface area contributed by atoms with Crippen LogP contribution in [0, 0.1) is 0 Å². The maximum absolute atomic E-state index is 9.56. The Hall–Kier alpha value is -1.21. The van der Waals surface area contributed by atoms with Crippen molar-refractivity contribution in [1.82, 2.24) is 0 Å². The number of hydrogen-bond acceptors (Lipinski definition) is 5. The van der Waals surface area contributed by atoms with Gasteiger partial charge >= 0.3 is 0 Å². The monoisotopic (exact) mass is 462 g/mol. The second-order valence-electron chi connectivity index (χ2n) is 7.18. The normalized spacial score (nSPS) is 13.8. The third-order valence-corrected chi connectivity index (χ3v) is 5.47.